The fourth-order valence-corrected chi connectivity index (χ4v) is 3.48. The maximum Gasteiger partial charge on any atom is 0.213 e. The summed E-state index contributed by atoms with van der Waals surface area (Å²) in [5, 5.41) is 8.89. The largest absolute Gasteiger partial charge is 0.304 e. The summed E-state index contributed by atoms with van der Waals surface area (Å²) in [6.07, 6.45) is 3.25. The summed E-state index contributed by atoms with van der Waals surface area (Å²) < 4.78 is 1.87. The van der Waals surface area contributed by atoms with Crippen molar-refractivity contribution in [1.82, 2.24) is 29.5 Å². The standard InChI is InChI=1S/C20H21ClN6O/c1-25-8-10-26(11-9-25)13-19-24-23-14-27(19)18-6-5-15(21)12-16(18)20(28)17-4-2-3-7-22-17/h2-7,12,14H,8-11,13H2,1H3. The summed E-state index contributed by atoms with van der Waals surface area (Å²) in [6, 6.07) is 10.5. The second kappa shape index (κ2) is 8.18. The van der Waals surface area contributed by atoms with Gasteiger partial charge in [0.2, 0.25) is 5.78 Å². The molecule has 0 saturated carbocycles. The van der Waals surface area contributed by atoms with E-state index in [4.69, 9.17) is 11.6 Å². The van der Waals surface area contributed by atoms with E-state index in [0.29, 0.717) is 28.5 Å². The van der Waals surface area contributed by atoms with Crippen molar-refractivity contribution in [1.29, 1.82) is 0 Å². The Morgan fingerprint density at radius 3 is 2.71 bits per heavy atom. The monoisotopic (exact) mass is 396 g/mol. The zero-order valence-electron chi connectivity index (χ0n) is 15.6. The fraction of sp³-hybridized carbons (Fsp3) is 0.300. The Balaban J connectivity index is 1.67. The Kier molecular flexibility index (Phi) is 5.47. The molecule has 1 aromatic carbocycles. The number of halogens is 1. The van der Waals surface area contributed by atoms with E-state index in [0.717, 1.165) is 32.0 Å². The lowest BCUT2D eigenvalue weighted by atomic mass is 10.1. The van der Waals surface area contributed by atoms with E-state index in [-0.39, 0.29) is 5.78 Å². The van der Waals surface area contributed by atoms with Gasteiger partial charge in [-0.2, -0.15) is 0 Å². The van der Waals surface area contributed by atoms with E-state index in [9.17, 15) is 4.79 Å². The average molecular weight is 397 g/mol. The quantitative estimate of drug-likeness (QED) is 0.616. The van der Waals surface area contributed by atoms with E-state index in [1.165, 1.54) is 0 Å². The lowest BCUT2D eigenvalue weighted by Crippen LogP contribution is -2.44. The highest BCUT2D eigenvalue weighted by Crippen LogP contribution is 2.23. The Bertz CT molecular complexity index is 966. The first-order valence-electron chi connectivity index (χ1n) is 9.17. The molecule has 0 amide bonds. The molecule has 0 N–H and O–H groups in total. The van der Waals surface area contributed by atoms with E-state index >= 15 is 0 Å². The third-order valence-electron chi connectivity index (χ3n) is 4.94. The maximum absolute atomic E-state index is 13.1. The van der Waals surface area contributed by atoms with Crippen LogP contribution >= 0.6 is 11.6 Å². The molecule has 1 saturated heterocycles. The van der Waals surface area contributed by atoms with Crippen molar-refractivity contribution in [3.05, 3.63) is 71.0 Å². The van der Waals surface area contributed by atoms with Crippen molar-refractivity contribution in [3.8, 4) is 5.69 Å². The molecule has 28 heavy (non-hydrogen) atoms. The van der Waals surface area contributed by atoms with Crippen molar-refractivity contribution in [3.63, 3.8) is 0 Å². The van der Waals surface area contributed by atoms with Gasteiger partial charge in [-0.25, -0.2) is 0 Å². The number of hydrogen-bond acceptors (Lipinski definition) is 6. The predicted octanol–water partition coefficient (Wildman–Crippen LogP) is 2.29. The number of hydrogen-bond donors (Lipinski definition) is 0. The summed E-state index contributed by atoms with van der Waals surface area (Å²) in [6.45, 7) is 4.68. The number of aromatic nitrogens is 4. The van der Waals surface area contributed by atoms with Gasteiger partial charge >= 0.3 is 0 Å². The highest BCUT2D eigenvalue weighted by molar-refractivity contribution is 6.31. The van der Waals surface area contributed by atoms with Crippen molar-refractivity contribution < 1.29 is 4.79 Å². The van der Waals surface area contributed by atoms with E-state index in [1.807, 2.05) is 10.6 Å². The van der Waals surface area contributed by atoms with E-state index in [2.05, 4.69) is 32.0 Å². The summed E-state index contributed by atoms with van der Waals surface area (Å²) in [5.41, 5.74) is 1.56. The molecule has 3 heterocycles. The number of nitrogens with zero attached hydrogens (tertiary/aromatic N) is 6. The van der Waals surface area contributed by atoms with Gasteiger partial charge in [0.1, 0.15) is 12.0 Å². The molecule has 1 fully saturated rings. The zero-order chi connectivity index (χ0) is 19.5. The van der Waals surface area contributed by atoms with Gasteiger partial charge in [-0.3, -0.25) is 19.2 Å². The molecule has 0 spiro atoms. The number of benzene rings is 1. The summed E-state index contributed by atoms with van der Waals surface area (Å²) in [7, 11) is 2.13. The highest BCUT2D eigenvalue weighted by Gasteiger charge is 2.21. The molecule has 3 aromatic rings. The van der Waals surface area contributed by atoms with Gasteiger partial charge < -0.3 is 4.90 Å². The molecule has 0 atom stereocenters. The number of carbonyl (C=O) groups is 1. The number of ketones is 1. The molecule has 0 aliphatic carbocycles. The smallest absolute Gasteiger partial charge is 0.213 e. The van der Waals surface area contributed by atoms with Crippen LogP contribution < -0.4 is 0 Å². The number of pyridine rings is 1. The summed E-state index contributed by atoms with van der Waals surface area (Å²) in [4.78, 5) is 21.9. The van der Waals surface area contributed by atoms with Crippen molar-refractivity contribution in [2.45, 2.75) is 6.54 Å². The first-order chi connectivity index (χ1) is 13.6. The number of likely N-dealkylation sites (N-methyl/N-ethyl adjacent to an activating group) is 1. The van der Waals surface area contributed by atoms with Gasteiger partial charge in [-0.15, -0.1) is 10.2 Å². The SMILES string of the molecule is CN1CCN(Cc2nncn2-c2ccc(Cl)cc2C(=O)c2ccccn2)CC1. The van der Waals surface area contributed by atoms with Gasteiger partial charge in [-0.1, -0.05) is 17.7 Å². The minimum absolute atomic E-state index is 0.183. The molecule has 4 rings (SSSR count). The molecule has 1 aliphatic heterocycles. The molecule has 0 bridgehead atoms. The first-order valence-corrected chi connectivity index (χ1v) is 9.55. The van der Waals surface area contributed by atoms with Crippen LogP contribution in [0.25, 0.3) is 5.69 Å². The first kappa shape index (κ1) is 18.7. The van der Waals surface area contributed by atoms with Gasteiger partial charge in [-0.05, 0) is 37.4 Å². The van der Waals surface area contributed by atoms with Crippen LogP contribution in [0, 0.1) is 0 Å². The maximum atomic E-state index is 13.1. The number of piperazine rings is 1. The minimum atomic E-state index is -0.183. The normalized spacial score (nSPS) is 15.6. The van der Waals surface area contributed by atoms with Crippen molar-refractivity contribution >= 4 is 17.4 Å². The van der Waals surface area contributed by atoms with Crippen LogP contribution in [-0.4, -0.2) is 68.6 Å². The van der Waals surface area contributed by atoms with E-state index < -0.39 is 0 Å². The summed E-state index contributed by atoms with van der Waals surface area (Å²) >= 11 is 6.19. The molecule has 8 heteroatoms. The van der Waals surface area contributed by atoms with Gasteiger partial charge in [0.15, 0.2) is 5.82 Å². The average Bonchev–Trinajstić information content (AvgIpc) is 3.17. The number of rotatable bonds is 5. The Morgan fingerprint density at radius 2 is 1.96 bits per heavy atom. The van der Waals surface area contributed by atoms with Gasteiger partial charge in [0, 0.05) is 43.0 Å². The molecule has 0 radical (unpaired) electrons. The van der Waals surface area contributed by atoms with Gasteiger partial charge in [0.25, 0.3) is 0 Å². The molecule has 7 nitrogen and oxygen atoms in total. The lowest BCUT2D eigenvalue weighted by molar-refractivity contribution is 0.103. The molecule has 2 aromatic heterocycles. The summed E-state index contributed by atoms with van der Waals surface area (Å²) in [5.74, 6) is 0.610. The Labute approximate surface area is 168 Å². The van der Waals surface area contributed by atoms with Crippen LogP contribution in [-0.2, 0) is 6.54 Å². The second-order valence-corrected chi connectivity index (χ2v) is 7.34. The van der Waals surface area contributed by atoms with Crippen LogP contribution in [0.3, 0.4) is 0 Å². The fourth-order valence-electron chi connectivity index (χ4n) is 3.31. The minimum Gasteiger partial charge on any atom is -0.304 e. The molecular formula is C20H21ClN6O. The van der Waals surface area contributed by atoms with Gasteiger partial charge in [0.05, 0.1) is 12.2 Å². The Morgan fingerprint density at radius 1 is 1.14 bits per heavy atom. The van der Waals surface area contributed by atoms with Crippen LogP contribution in [0.15, 0.2) is 48.9 Å². The van der Waals surface area contributed by atoms with Crippen molar-refractivity contribution in [2.75, 3.05) is 33.2 Å². The lowest BCUT2D eigenvalue weighted by Gasteiger charge is -2.32. The topological polar surface area (TPSA) is 67.2 Å². The predicted molar refractivity (Wildman–Crippen MR) is 107 cm³/mol. The van der Waals surface area contributed by atoms with Crippen LogP contribution in [0.2, 0.25) is 5.02 Å². The van der Waals surface area contributed by atoms with Crippen molar-refractivity contribution in [2.24, 2.45) is 0 Å². The molecule has 1 aliphatic rings. The molecule has 144 valence electrons. The number of carbonyl (C=O) groups excluding carboxylic acids is 1. The molecule has 0 unspecified atom stereocenters. The van der Waals surface area contributed by atoms with Crippen LogP contribution in [0.1, 0.15) is 21.9 Å². The third-order valence-corrected chi connectivity index (χ3v) is 5.17. The second-order valence-electron chi connectivity index (χ2n) is 6.90. The van der Waals surface area contributed by atoms with Crippen LogP contribution in [0.4, 0.5) is 0 Å². The van der Waals surface area contributed by atoms with E-state index in [1.54, 1.807) is 42.9 Å². The third kappa shape index (κ3) is 3.96. The highest BCUT2D eigenvalue weighted by atomic mass is 35.5. The molecular weight excluding hydrogens is 376 g/mol. The zero-order valence-corrected chi connectivity index (χ0v) is 16.4. The van der Waals surface area contributed by atoms with Crippen LogP contribution in [0.5, 0.6) is 0 Å². The Hall–Kier alpha value is -2.61.